The van der Waals surface area contributed by atoms with Crippen molar-refractivity contribution in [2.75, 3.05) is 0 Å². The van der Waals surface area contributed by atoms with Crippen LogP contribution >= 0.6 is 0 Å². The smallest absolute Gasteiger partial charge is 0.0488 e. The minimum atomic E-state index is 0.757. The van der Waals surface area contributed by atoms with E-state index in [1.54, 1.807) is 0 Å². The van der Waals surface area contributed by atoms with E-state index in [9.17, 15) is 0 Å². The third kappa shape index (κ3) is 1.02. The Labute approximate surface area is 83.7 Å². The molecule has 1 saturated carbocycles. The van der Waals surface area contributed by atoms with Crippen LogP contribution in [-0.4, -0.2) is 4.57 Å². The fraction of sp³-hybridized carbons (Fsp3) is 0.231. The summed E-state index contributed by atoms with van der Waals surface area (Å²) in [5, 5.41) is 1.33. The van der Waals surface area contributed by atoms with Crippen LogP contribution in [0.3, 0.4) is 0 Å². The molecule has 0 amide bonds. The predicted molar refractivity (Wildman–Crippen MR) is 60.3 cm³/mol. The molecule has 0 bridgehead atoms. The maximum atomic E-state index is 3.84. The Morgan fingerprint density at radius 2 is 2.14 bits per heavy atom. The summed E-state index contributed by atoms with van der Waals surface area (Å²) < 4.78 is 2.39. The Morgan fingerprint density at radius 3 is 2.86 bits per heavy atom. The Bertz CT molecular complexity index is 489. The number of rotatable bonds is 2. The van der Waals surface area contributed by atoms with Crippen LogP contribution in [0.15, 0.2) is 37.0 Å². The van der Waals surface area contributed by atoms with Crippen molar-refractivity contribution < 1.29 is 0 Å². The zero-order chi connectivity index (χ0) is 9.54. The standard InChI is InChI=1S/C13H13N/c1-2-10-4-3-5-13-12(10)8-9-14(13)11-6-7-11/h2-5,8-9,11H,1,6-7H2. The first-order valence-corrected chi connectivity index (χ1v) is 5.12. The van der Waals surface area contributed by atoms with Gasteiger partial charge in [0.05, 0.1) is 0 Å². The third-order valence-electron chi connectivity index (χ3n) is 2.96. The van der Waals surface area contributed by atoms with Gasteiger partial charge < -0.3 is 4.57 Å². The van der Waals surface area contributed by atoms with Gasteiger partial charge in [-0.1, -0.05) is 24.8 Å². The molecule has 1 nitrogen and oxygen atoms in total. The van der Waals surface area contributed by atoms with E-state index in [0.29, 0.717) is 0 Å². The highest BCUT2D eigenvalue weighted by atomic mass is 15.0. The highest BCUT2D eigenvalue weighted by Gasteiger charge is 2.24. The van der Waals surface area contributed by atoms with Crippen LogP contribution in [0.1, 0.15) is 24.4 Å². The molecule has 1 aliphatic carbocycles. The largest absolute Gasteiger partial charge is 0.344 e. The maximum Gasteiger partial charge on any atom is 0.0488 e. The van der Waals surface area contributed by atoms with Crippen molar-refractivity contribution in [3.63, 3.8) is 0 Å². The highest BCUT2D eigenvalue weighted by molar-refractivity contribution is 5.88. The summed E-state index contributed by atoms with van der Waals surface area (Å²) in [7, 11) is 0. The molecule has 0 spiro atoms. The Morgan fingerprint density at radius 1 is 1.29 bits per heavy atom. The molecule has 0 unspecified atom stereocenters. The van der Waals surface area contributed by atoms with Gasteiger partial charge in [0.2, 0.25) is 0 Å². The number of benzene rings is 1. The van der Waals surface area contributed by atoms with E-state index in [1.807, 2.05) is 6.08 Å². The molecule has 2 aromatic rings. The summed E-state index contributed by atoms with van der Waals surface area (Å²) in [4.78, 5) is 0. The minimum absolute atomic E-state index is 0.757. The van der Waals surface area contributed by atoms with Gasteiger partial charge in [-0.05, 0) is 30.5 Å². The van der Waals surface area contributed by atoms with E-state index < -0.39 is 0 Å². The monoisotopic (exact) mass is 183 g/mol. The molecule has 70 valence electrons. The number of aromatic nitrogens is 1. The number of nitrogens with zero attached hydrogens (tertiary/aromatic N) is 1. The van der Waals surface area contributed by atoms with Crippen molar-refractivity contribution in [1.82, 2.24) is 4.57 Å². The van der Waals surface area contributed by atoms with Crippen LogP contribution in [0.5, 0.6) is 0 Å². The highest BCUT2D eigenvalue weighted by Crippen LogP contribution is 2.38. The molecular formula is C13H13N. The van der Waals surface area contributed by atoms with Crippen molar-refractivity contribution in [1.29, 1.82) is 0 Å². The van der Waals surface area contributed by atoms with Gasteiger partial charge >= 0.3 is 0 Å². The van der Waals surface area contributed by atoms with E-state index >= 15 is 0 Å². The van der Waals surface area contributed by atoms with Crippen LogP contribution < -0.4 is 0 Å². The molecule has 0 aliphatic heterocycles. The fourth-order valence-electron chi connectivity index (χ4n) is 2.06. The Kier molecular flexibility index (Phi) is 1.54. The summed E-state index contributed by atoms with van der Waals surface area (Å²) in [5.41, 5.74) is 2.59. The zero-order valence-corrected chi connectivity index (χ0v) is 8.11. The summed E-state index contributed by atoms with van der Waals surface area (Å²) in [6.07, 6.45) is 6.80. The fourth-order valence-corrected chi connectivity index (χ4v) is 2.06. The first-order valence-electron chi connectivity index (χ1n) is 5.12. The molecule has 0 radical (unpaired) electrons. The number of hydrogen-bond acceptors (Lipinski definition) is 0. The lowest BCUT2D eigenvalue weighted by molar-refractivity contribution is 0.776. The molecule has 3 rings (SSSR count). The maximum absolute atomic E-state index is 3.84. The quantitative estimate of drug-likeness (QED) is 0.670. The van der Waals surface area contributed by atoms with Crippen molar-refractivity contribution in [3.8, 4) is 0 Å². The lowest BCUT2D eigenvalue weighted by atomic mass is 10.1. The topological polar surface area (TPSA) is 4.93 Å². The molecule has 1 aromatic carbocycles. The van der Waals surface area contributed by atoms with Crippen LogP contribution in [0.2, 0.25) is 0 Å². The van der Waals surface area contributed by atoms with Crippen LogP contribution in [0, 0.1) is 0 Å². The van der Waals surface area contributed by atoms with Crippen molar-refractivity contribution in [2.24, 2.45) is 0 Å². The van der Waals surface area contributed by atoms with Gasteiger partial charge in [0.1, 0.15) is 0 Å². The van der Waals surface area contributed by atoms with E-state index in [1.165, 1.54) is 29.3 Å². The van der Waals surface area contributed by atoms with Gasteiger partial charge in [0.15, 0.2) is 0 Å². The molecular weight excluding hydrogens is 170 g/mol. The van der Waals surface area contributed by atoms with Gasteiger partial charge in [-0.2, -0.15) is 0 Å². The minimum Gasteiger partial charge on any atom is -0.344 e. The molecule has 14 heavy (non-hydrogen) atoms. The summed E-state index contributed by atoms with van der Waals surface area (Å²) >= 11 is 0. The zero-order valence-electron chi connectivity index (χ0n) is 8.11. The Hall–Kier alpha value is -1.50. The second-order valence-electron chi connectivity index (χ2n) is 3.94. The van der Waals surface area contributed by atoms with E-state index in [4.69, 9.17) is 0 Å². The van der Waals surface area contributed by atoms with E-state index in [-0.39, 0.29) is 0 Å². The molecule has 1 fully saturated rings. The molecule has 1 aromatic heterocycles. The van der Waals surface area contributed by atoms with Crippen molar-refractivity contribution in [3.05, 3.63) is 42.6 Å². The van der Waals surface area contributed by atoms with Crippen LogP contribution in [0.25, 0.3) is 17.0 Å². The van der Waals surface area contributed by atoms with Gasteiger partial charge in [-0.15, -0.1) is 0 Å². The predicted octanol–water partition coefficient (Wildman–Crippen LogP) is 3.62. The SMILES string of the molecule is C=Cc1cccc2c1ccn2C1CC1. The van der Waals surface area contributed by atoms with Crippen molar-refractivity contribution >= 4 is 17.0 Å². The Balaban J connectivity index is 2.30. The van der Waals surface area contributed by atoms with Gasteiger partial charge in [0, 0.05) is 23.1 Å². The van der Waals surface area contributed by atoms with E-state index in [2.05, 4.69) is 41.6 Å². The summed E-state index contributed by atoms with van der Waals surface area (Å²) in [5.74, 6) is 0. The molecule has 1 heteroatoms. The lowest BCUT2D eigenvalue weighted by Gasteiger charge is -2.02. The van der Waals surface area contributed by atoms with Gasteiger partial charge in [-0.3, -0.25) is 0 Å². The lowest BCUT2D eigenvalue weighted by Crippen LogP contribution is -1.89. The van der Waals surface area contributed by atoms with Crippen LogP contribution in [-0.2, 0) is 0 Å². The average molecular weight is 183 g/mol. The third-order valence-corrected chi connectivity index (χ3v) is 2.96. The molecule has 0 N–H and O–H groups in total. The summed E-state index contributed by atoms with van der Waals surface area (Å²) in [6, 6.07) is 9.38. The first kappa shape index (κ1) is 7.86. The van der Waals surface area contributed by atoms with E-state index in [0.717, 1.165) is 6.04 Å². The van der Waals surface area contributed by atoms with Crippen LogP contribution in [0.4, 0.5) is 0 Å². The summed E-state index contributed by atoms with van der Waals surface area (Å²) in [6.45, 7) is 3.84. The average Bonchev–Trinajstić information content (AvgIpc) is 2.97. The second-order valence-corrected chi connectivity index (χ2v) is 3.94. The van der Waals surface area contributed by atoms with Gasteiger partial charge in [-0.25, -0.2) is 0 Å². The van der Waals surface area contributed by atoms with Crippen molar-refractivity contribution in [2.45, 2.75) is 18.9 Å². The molecule has 0 atom stereocenters. The van der Waals surface area contributed by atoms with Gasteiger partial charge in [0.25, 0.3) is 0 Å². The number of hydrogen-bond donors (Lipinski definition) is 0. The molecule has 1 aliphatic rings. The first-order chi connectivity index (χ1) is 6.90. The number of fused-ring (bicyclic) bond motifs is 1. The normalized spacial score (nSPS) is 16.0. The molecule has 1 heterocycles. The molecule has 0 saturated heterocycles. The second kappa shape index (κ2) is 2.74.